The lowest BCUT2D eigenvalue weighted by atomic mass is 9.88. The number of nitriles is 1. The van der Waals surface area contributed by atoms with Crippen LogP contribution in [0.1, 0.15) is 44.7 Å². The standard InChI is InChI=1S/C25H36N4O3/c1-24(2,3)32-23(30)27-11-13-29-16-21-15-28(17-22-25(21,18-29)31-22)12-5-4-6-19-7-9-20(14-26)10-8-19/h7-10,21-22H,4-6,11-13,15-18H2,1-3H3,(H,27,30). The molecule has 7 heteroatoms. The van der Waals surface area contributed by atoms with E-state index in [1.54, 1.807) is 0 Å². The van der Waals surface area contributed by atoms with Crippen LogP contribution in [0, 0.1) is 17.2 Å². The number of nitrogens with one attached hydrogen (secondary N) is 1. The average Bonchev–Trinajstić information content (AvgIpc) is 3.32. The van der Waals surface area contributed by atoms with Crippen molar-refractivity contribution < 1.29 is 14.3 Å². The molecule has 3 fully saturated rings. The maximum absolute atomic E-state index is 11.8. The number of amides is 1. The fourth-order valence-electron chi connectivity index (χ4n) is 5.16. The Morgan fingerprint density at radius 3 is 2.66 bits per heavy atom. The smallest absolute Gasteiger partial charge is 0.407 e. The number of epoxide rings is 1. The lowest BCUT2D eigenvalue weighted by Crippen LogP contribution is -2.46. The summed E-state index contributed by atoms with van der Waals surface area (Å²) in [6.45, 7) is 12.3. The number of piperidine rings is 1. The highest BCUT2D eigenvalue weighted by Gasteiger charge is 2.67. The van der Waals surface area contributed by atoms with E-state index in [1.807, 2.05) is 32.9 Å². The first kappa shape index (κ1) is 23.0. The van der Waals surface area contributed by atoms with E-state index in [0.29, 0.717) is 18.6 Å². The number of ether oxygens (including phenoxy) is 2. The largest absolute Gasteiger partial charge is 0.444 e. The molecular formula is C25H36N4O3. The zero-order valence-corrected chi connectivity index (χ0v) is 19.6. The quantitative estimate of drug-likeness (QED) is 0.495. The monoisotopic (exact) mass is 440 g/mol. The number of likely N-dealkylation sites (tertiary alicyclic amines) is 2. The lowest BCUT2D eigenvalue weighted by molar-refractivity contribution is 0.0523. The molecule has 1 amide bonds. The number of rotatable bonds is 8. The van der Waals surface area contributed by atoms with E-state index in [0.717, 1.165) is 57.7 Å². The third kappa shape index (κ3) is 5.61. The second kappa shape index (κ2) is 9.38. The summed E-state index contributed by atoms with van der Waals surface area (Å²) in [7, 11) is 0. The first-order chi connectivity index (χ1) is 15.3. The van der Waals surface area contributed by atoms with Gasteiger partial charge in [0.15, 0.2) is 0 Å². The SMILES string of the molecule is CC(C)(C)OC(=O)NCCN1CC2CN(CCCCc3ccc(C#N)cc3)CC3OC23C1. The van der Waals surface area contributed by atoms with Crippen LogP contribution in [0.25, 0.3) is 0 Å². The average molecular weight is 441 g/mol. The number of nitrogens with zero attached hydrogens (tertiary/aromatic N) is 3. The van der Waals surface area contributed by atoms with E-state index in [4.69, 9.17) is 14.7 Å². The summed E-state index contributed by atoms with van der Waals surface area (Å²) < 4.78 is 11.5. The van der Waals surface area contributed by atoms with Crippen molar-refractivity contribution in [1.82, 2.24) is 15.1 Å². The van der Waals surface area contributed by atoms with Gasteiger partial charge in [-0.15, -0.1) is 0 Å². The van der Waals surface area contributed by atoms with E-state index in [1.165, 1.54) is 12.0 Å². The van der Waals surface area contributed by atoms with Crippen molar-refractivity contribution in [2.75, 3.05) is 45.8 Å². The number of aryl methyl sites for hydroxylation is 1. The zero-order chi connectivity index (χ0) is 22.8. The molecule has 0 saturated carbocycles. The van der Waals surface area contributed by atoms with E-state index >= 15 is 0 Å². The molecule has 1 aromatic rings. The first-order valence-corrected chi connectivity index (χ1v) is 11.9. The van der Waals surface area contributed by atoms with Crippen LogP contribution in [0.3, 0.4) is 0 Å². The molecular weight excluding hydrogens is 404 g/mol. The number of hydrogen-bond donors (Lipinski definition) is 1. The van der Waals surface area contributed by atoms with Crippen LogP contribution in [-0.2, 0) is 15.9 Å². The topological polar surface area (TPSA) is 81.1 Å². The minimum Gasteiger partial charge on any atom is -0.444 e. The van der Waals surface area contributed by atoms with Gasteiger partial charge in [0.25, 0.3) is 0 Å². The number of unbranched alkanes of at least 4 members (excludes halogenated alkanes) is 1. The Balaban J connectivity index is 1.15. The van der Waals surface area contributed by atoms with Crippen LogP contribution in [0.2, 0.25) is 0 Å². The van der Waals surface area contributed by atoms with Crippen molar-refractivity contribution in [3.05, 3.63) is 35.4 Å². The third-order valence-corrected chi connectivity index (χ3v) is 6.76. The van der Waals surface area contributed by atoms with Crippen LogP contribution in [0.15, 0.2) is 24.3 Å². The summed E-state index contributed by atoms with van der Waals surface area (Å²) in [6, 6.07) is 10.1. The summed E-state index contributed by atoms with van der Waals surface area (Å²) in [5, 5.41) is 11.8. The molecule has 1 spiro atoms. The number of benzene rings is 1. The maximum atomic E-state index is 11.8. The molecule has 3 atom stereocenters. The molecule has 0 bridgehead atoms. The molecule has 3 unspecified atom stereocenters. The fraction of sp³-hybridized carbons (Fsp3) is 0.680. The van der Waals surface area contributed by atoms with Gasteiger partial charge in [-0.2, -0.15) is 5.26 Å². The second-order valence-electron chi connectivity index (χ2n) is 10.4. The molecule has 1 aromatic carbocycles. The van der Waals surface area contributed by atoms with Gasteiger partial charge in [-0.05, 0) is 64.3 Å². The predicted octanol–water partition coefficient (Wildman–Crippen LogP) is 2.79. The van der Waals surface area contributed by atoms with Crippen LogP contribution in [-0.4, -0.2) is 79.0 Å². The highest BCUT2D eigenvalue weighted by atomic mass is 16.6. The van der Waals surface area contributed by atoms with Gasteiger partial charge in [-0.3, -0.25) is 4.90 Å². The van der Waals surface area contributed by atoms with E-state index in [-0.39, 0.29) is 11.7 Å². The normalized spacial score (nSPS) is 27.3. The van der Waals surface area contributed by atoms with E-state index in [9.17, 15) is 4.79 Å². The van der Waals surface area contributed by atoms with Crippen molar-refractivity contribution in [3.63, 3.8) is 0 Å². The lowest BCUT2D eigenvalue weighted by Gasteiger charge is -2.31. The highest BCUT2D eigenvalue weighted by molar-refractivity contribution is 5.67. The molecule has 32 heavy (non-hydrogen) atoms. The number of carbonyl (C=O) groups excluding carboxylic acids is 1. The minimum atomic E-state index is -0.466. The molecule has 3 saturated heterocycles. The zero-order valence-electron chi connectivity index (χ0n) is 19.6. The molecule has 0 aliphatic carbocycles. The summed E-state index contributed by atoms with van der Waals surface area (Å²) in [6.07, 6.45) is 3.41. The fourth-order valence-corrected chi connectivity index (χ4v) is 5.16. The molecule has 7 nitrogen and oxygen atoms in total. The number of hydrogen-bond acceptors (Lipinski definition) is 6. The molecule has 0 radical (unpaired) electrons. The van der Waals surface area contributed by atoms with Gasteiger partial charge in [-0.1, -0.05) is 12.1 Å². The molecule has 4 rings (SSSR count). The Labute approximate surface area is 191 Å². The first-order valence-electron chi connectivity index (χ1n) is 11.9. The predicted molar refractivity (Wildman–Crippen MR) is 122 cm³/mol. The summed E-state index contributed by atoms with van der Waals surface area (Å²) in [5.41, 5.74) is 1.62. The molecule has 174 valence electrons. The van der Waals surface area contributed by atoms with Gasteiger partial charge in [0.1, 0.15) is 17.3 Å². The summed E-state index contributed by atoms with van der Waals surface area (Å²) in [4.78, 5) is 16.8. The Kier molecular flexibility index (Phi) is 6.75. The third-order valence-electron chi connectivity index (χ3n) is 6.76. The molecule has 0 aromatic heterocycles. The van der Waals surface area contributed by atoms with Crippen molar-refractivity contribution in [3.8, 4) is 6.07 Å². The highest BCUT2D eigenvalue weighted by Crippen LogP contribution is 2.51. The van der Waals surface area contributed by atoms with E-state index in [2.05, 4.69) is 33.3 Å². The molecule has 3 aliphatic heterocycles. The molecule has 3 aliphatic rings. The van der Waals surface area contributed by atoms with Gasteiger partial charge >= 0.3 is 6.09 Å². The van der Waals surface area contributed by atoms with Crippen LogP contribution >= 0.6 is 0 Å². The Hall–Kier alpha value is -2.14. The molecule has 1 N–H and O–H groups in total. The van der Waals surface area contributed by atoms with Gasteiger partial charge < -0.3 is 19.7 Å². The van der Waals surface area contributed by atoms with Gasteiger partial charge in [0.05, 0.1) is 11.6 Å². The number of carbonyl (C=O) groups is 1. The Morgan fingerprint density at radius 1 is 1.19 bits per heavy atom. The van der Waals surface area contributed by atoms with Gasteiger partial charge in [0.2, 0.25) is 0 Å². The van der Waals surface area contributed by atoms with Gasteiger partial charge in [0, 0.05) is 45.2 Å². The maximum Gasteiger partial charge on any atom is 0.407 e. The summed E-state index contributed by atoms with van der Waals surface area (Å²) in [5.74, 6) is 0.557. The van der Waals surface area contributed by atoms with Crippen molar-refractivity contribution in [1.29, 1.82) is 5.26 Å². The van der Waals surface area contributed by atoms with Crippen LogP contribution < -0.4 is 5.32 Å². The van der Waals surface area contributed by atoms with Crippen LogP contribution in [0.4, 0.5) is 4.79 Å². The Bertz CT molecular complexity index is 844. The van der Waals surface area contributed by atoms with Crippen LogP contribution in [0.5, 0.6) is 0 Å². The Morgan fingerprint density at radius 2 is 1.94 bits per heavy atom. The minimum absolute atomic E-state index is 0.0604. The van der Waals surface area contributed by atoms with Crippen molar-refractivity contribution in [2.45, 2.75) is 57.3 Å². The van der Waals surface area contributed by atoms with E-state index < -0.39 is 5.60 Å². The summed E-state index contributed by atoms with van der Waals surface area (Å²) >= 11 is 0. The van der Waals surface area contributed by atoms with Gasteiger partial charge in [-0.25, -0.2) is 4.79 Å². The number of alkyl carbamates (subject to hydrolysis) is 1. The van der Waals surface area contributed by atoms with Crippen molar-refractivity contribution >= 4 is 6.09 Å². The van der Waals surface area contributed by atoms with Crippen molar-refractivity contribution in [2.24, 2.45) is 5.92 Å². The second-order valence-corrected chi connectivity index (χ2v) is 10.4. The molecule has 3 heterocycles.